The van der Waals surface area contributed by atoms with Gasteiger partial charge in [0.05, 0.1) is 6.07 Å². The fraction of sp³-hybridized carbons (Fsp3) is 0.929. The average Bonchev–Trinajstić information content (AvgIpc) is 2.30. The van der Waals surface area contributed by atoms with Gasteiger partial charge in [-0.3, -0.25) is 0 Å². The zero-order valence-electron chi connectivity index (χ0n) is 11.4. The van der Waals surface area contributed by atoms with Gasteiger partial charge in [0, 0.05) is 18.5 Å². The van der Waals surface area contributed by atoms with Crippen LogP contribution in [0.25, 0.3) is 0 Å². The first kappa shape index (κ1) is 15.4. The van der Waals surface area contributed by atoms with Gasteiger partial charge in [-0.2, -0.15) is 5.26 Å². The van der Waals surface area contributed by atoms with Crippen LogP contribution in [-0.4, -0.2) is 12.1 Å². The first-order valence-electron chi connectivity index (χ1n) is 6.85. The third-order valence-electron chi connectivity index (χ3n) is 3.08. The minimum absolute atomic E-state index is 0.607. The highest BCUT2D eigenvalue weighted by Gasteiger charge is 2.20. The maximum Gasteiger partial charge on any atom is 0.0621 e. The maximum absolute atomic E-state index is 8.51. The molecule has 94 valence electrons. The summed E-state index contributed by atoms with van der Waals surface area (Å²) in [7, 11) is 0. The summed E-state index contributed by atoms with van der Waals surface area (Å²) < 4.78 is 0. The van der Waals surface area contributed by atoms with Gasteiger partial charge < -0.3 is 5.32 Å². The third kappa shape index (κ3) is 6.85. The molecule has 0 aliphatic heterocycles. The normalized spacial score (nSPS) is 24.5. The van der Waals surface area contributed by atoms with E-state index in [2.05, 4.69) is 25.2 Å². The second-order valence-electron chi connectivity index (χ2n) is 4.74. The summed E-state index contributed by atoms with van der Waals surface area (Å²) in [6.45, 7) is 8.42. The van der Waals surface area contributed by atoms with E-state index in [4.69, 9.17) is 5.26 Å². The van der Waals surface area contributed by atoms with Crippen molar-refractivity contribution in [3.8, 4) is 6.07 Å². The molecule has 1 aliphatic rings. The molecule has 0 heterocycles. The lowest BCUT2D eigenvalue weighted by molar-refractivity contribution is 0.272. The van der Waals surface area contributed by atoms with Crippen LogP contribution in [0, 0.1) is 17.2 Å². The number of nitriles is 1. The number of hydrogen-bond acceptors (Lipinski definition) is 2. The van der Waals surface area contributed by atoms with E-state index in [-0.39, 0.29) is 0 Å². The van der Waals surface area contributed by atoms with E-state index in [0.717, 1.165) is 24.8 Å². The molecule has 2 heteroatoms. The van der Waals surface area contributed by atoms with E-state index in [0.29, 0.717) is 6.04 Å². The zero-order chi connectivity index (χ0) is 12.4. The molecule has 16 heavy (non-hydrogen) atoms. The van der Waals surface area contributed by atoms with Crippen molar-refractivity contribution in [3.05, 3.63) is 0 Å². The number of rotatable bonds is 4. The molecule has 1 N–H and O–H groups in total. The Kier molecular flexibility index (Phi) is 9.33. The van der Waals surface area contributed by atoms with Crippen molar-refractivity contribution in [2.45, 2.75) is 78.3 Å². The van der Waals surface area contributed by atoms with Crippen molar-refractivity contribution >= 4 is 0 Å². The Morgan fingerprint density at radius 1 is 1.19 bits per heavy atom. The van der Waals surface area contributed by atoms with E-state index in [1.165, 1.54) is 25.7 Å². The third-order valence-corrected chi connectivity index (χ3v) is 3.08. The second-order valence-corrected chi connectivity index (χ2v) is 4.74. The first-order chi connectivity index (χ1) is 7.72. The van der Waals surface area contributed by atoms with Crippen molar-refractivity contribution in [3.63, 3.8) is 0 Å². The number of hydrogen-bond donors (Lipinski definition) is 1. The van der Waals surface area contributed by atoms with Crippen LogP contribution in [0.3, 0.4) is 0 Å². The minimum atomic E-state index is 0.607. The molecule has 1 saturated carbocycles. The van der Waals surface area contributed by atoms with Crippen molar-refractivity contribution in [2.24, 2.45) is 5.92 Å². The van der Waals surface area contributed by atoms with Gasteiger partial charge in [0.1, 0.15) is 0 Å². The summed E-state index contributed by atoms with van der Waals surface area (Å²) in [5.74, 6) is 0.819. The van der Waals surface area contributed by atoms with Crippen LogP contribution in [0.1, 0.15) is 66.2 Å². The van der Waals surface area contributed by atoms with E-state index < -0.39 is 0 Å². The molecular formula is C14H28N2. The highest BCUT2D eigenvalue weighted by molar-refractivity contribution is 4.80. The van der Waals surface area contributed by atoms with Crippen molar-refractivity contribution in [1.82, 2.24) is 5.32 Å². The van der Waals surface area contributed by atoms with Gasteiger partial charge in [-0.15, -0.1) is 0 Å². The van der Waals surface area contributed by atoms with Crippen LogP contribution < -0.4 is 5.32 Å². The summed E-state index contributed by atoms with van der Waals surface area (Å²) in [5.41, 5.74) is 0. The molecule has 0 radical (unpaired) electrons. The topological polar surface area (TPSA) is 35.8 Å². The standard InChI is InChI=1S/C12H22N2.C2H6/c1-10(2)14-12-7-5-11(6-8-12)4-3-9-13;1-2/h10-12,14H,3-8H2,1-2H3;1-2H3. The summed E-state index contributed by atoms with van der Waals surface area (Å²) in [6, 6.07) is 3.58. The lowest BCUT2D eigenvalue weighted by Gasteiger charge is -2.30. The second kappa shape index (κ2) is 9.66. The quantitative estimate of drug-likeness (QED) is 0.786. The predicted molar refractivity (Wildman–Crippen MR) is 70.2 cm³/mol. The van der Waals surface area contributed by atoms with Crippen LogP contribution in [0.15, 0.2) is 0 Å². The number of nitrogens with zero attached hydrogens (tertiary/aromatic N) is 1. The number of nitrogens with one attached hydrogen (secondary N) is 1. The fourth-order valence-corrected chi connectivity index (χ4v) is 2.36. The van der Waals surface area contributed by atoms with E-state index in [9.17, 15) is 0 Å². The summed E-state index contributed by atoms with van der Waals surface area (Å²) in [5, 5.41) is 12.1. The molecule has 1 rings (SSSR count). The molecule has 0 aromatic carbocycles. The van der Waals surface area contributed by atoms with Gasteiger partial charge >= 0.3 is 0 Å². The molecule has 0 amide bonds. The van der Waals surface area contributed by atoms with E-state index in [1.54, 1.807) is 0 Å². The Bertz CT molecular complexity index is 185. The van der Waals surface area contributed by atoms with Crippen LogP contribution >= 0.6 is 0 Å². The maximum atomic E-state index is 8.51. The molecule has 0 aromatic heterocycles. The van der Waals surface area contributed by atoms with Gasteiger partial charge in [-0.1, -0.05) is 27.7 Å². The Balaban J connectivity index is 0.00000106. The summed E-state index contributed by atoms with van der Waals surface area (Å²) >= 11 is 0. The van der Waals surface area contributed by atoms with Crippen molar-refractivity contribution in [2.75, 3.05) is 0 Å². The predicted octanol–water partition coefficient (Wildman–Crippen LogP) is 3.87. The molecule has 0 unspecified atom stereocenters. The molecule has 2 nitrogen and oxygen atoms in total. The van der Waals surface area contributed by atoms with Gasteiger partial charge in [0.25, 0.3) is 0 Å². The van der Waals surface area contributed by atoms with E-state index >= 15 is 0 Å². The van der Waals surface area contributed by atoms with Crippen LogP contribution in [0.5, 0.6) is 0 Å². The Hall–Kier alpha value is -0.550. The zero-order valence-corrected chi connectivity index (χ0v) is 11.4. The van der Waals surface area contributed by atoms with Gasteiger partial charge in [0.2, 0.25) is 0 Å². The van der Waals surface area contributed by atoms with Gasteiger partial charge in [-0.25, -0.2) is 0 Å². The molecule has 0 aromatic rings. The van der Waals surface area contributed by atoms with Gasteiger partial charge in [0.15, 0.2) is 0 Å². The Morgan fingerprint density at radius 2 is 1.75 bits per heavy atom. The average molecular weight is 224 g/mol. The first-order valence-corrected chi connectivity index (χ1v) is 6.85. The van der Waals surface area contributed by atoms with Crippen molar-refractivity contribution < 1.29 is 0 Å². The van der Waals surface area contributed by atoms with Crippen molar-refractivity contribution in [1.29, 1.82) is 5.26 Å². The molecule has 0 spiro atoms. The van der Waals surface area contributed by atoms with E-state index in [1.807, 2.05) is 13.8 Å². The summed E-state index contributed by atoms with van der Waals surface area (Å²) in [6.07, 6.45) is 7.08. The van der Waals surface area contributed by atoms with Crippen LogP contribution in [0.2, 0.25) is 0 Å². The lowest BCUT2D eigenvalue weighted by atomic mass is 9.83. The van der Waals surface area contributed by atoms with Crippen LogP contribution in [0.4, 0.5) is 0 Å². The highest BCUT2D eigenvalue weighted by atomic mass is 14.9. The smallest absolute Gasteiger partial charge is 0.0621 e. The molecule has 0 bridgehead atoms. The van der Waals surface area contributed by atoms with Gasteiger partial charge in [-0.05, 0) is 38.0 Å². The molecule has 0 atom stereocenters. The SMILES string of the molecule is CC.CC(C)NC1CCC(CCC#N)CC1. The lowest BCUT2D eigenvalue weighted by Crippen LogP contribution is -2.37. The molecule has 1 fully saturated rings. The largest absolute Gasteiger partial charge is 0.312 e. The Labute approximate surface area is 101 Å². The van der Waals surface area contributed by atoms with Crippen LogP contribution in [-0.2, 0) is 0 Å². The monoisotopic (exact) mass is 224 g/mol. The fourth-order valence-electron chi connectivity index (χ4n) is 2.36. The Morgan fingerprint density at radius 3 is 2.19 bits per heavy atom. The molecule has 1 aliphatic carbocycles. The molecular weight excluding hydrogens is 196 g/mol. The highest BCUT2D eigenvalue weighted by Crippen LogP contribution is 2.27. The minimum Gasteiger partial charge on any atom is -0.312 e. The summed E-state index contributed by atoms with van der Waals surface area (Å²) in [4.78, 5) is 0. The molecule has 0 saturated heterocycles.